The summed E-state index contributed by atoms with van der Waals surface area (Å²) in [6.07, 6.45) is 3.68. The Morgan fingerprint density at radius 2 is 2.29 bits per heavy atom. The number of rotatable bonds is 4. The maximum Gasteiger partial charge on any atom is 0.124 e. The van der Waals surface area contributed by atoms with Crippen molar-refractivity contribution < 1.29 is 4.74 Å². The third-order valence-electron chi connectivity index (χ3n) is 2.50. The van der Waals surface area contributed by atoms with Gasteiger partial charge in [0.15, 0.2) is 0 Å². The molecular weight excluding hydrogens is 238 g/mol. The number of hydrogen-bond donors (Lipinski definition) is 1. The lowest BCUT2D eigenvalue weighted by Gasteiger charge is -2.08. The summed E-state index contributed by atoms with van der Waals surface area (Å²) in [7, 11) is 1.64. The summed E-state index contributed by atoms with van der Waals surface area (Å²) in [5.74, 6) is 0.805. The van der Waals surface area contributed by atoms with Crippen molar-refractivity contribution in [1.82, 2.24) is 9.78 Å². The quantitative estimate of drug-likeness (QED) is 0.905. The van der Waals surface area contributed by atoms with E-state index in [9.17, 15) is 0 Å². The van der Waals surface area contributed by atoms with Crippen LogP contribution in [0.15, 0.2) is 30.6 Å². The van der Waals surface area contributed by atoms with Gasteiger partial charge in [0, 0.05) is 28.9 Å². The standard InChI is InChI=1S/C12H14ClN3O/c1-17-12-3-2-11(13)4-10(12)8-16-7-9(5-14)6-15-16/h2-4,6-7H,5,8,14H2,1H3. The minimum absolute atomic E-state index is 0.493. The van der Waals surface area contributed by atoms with Crippen LogP contribution in [-0.4, -0.2) is 16.9 Å². The third-order valence-corrected chi connectivity index (χ3v) is 2.73. The van der Waals surface area contributed by atoms with Crippen LogP contribution >= 0.6 is 11.6 Å². The molecule has 90 valence electrons. The van der Waals surface area contributed by atoms with Crippen molar-refractivity contribution >= 4 is 11.6 Å². The van der Waals surface area contributed by atoms with Crippen molar-refractivity contribution in [2.75, 3.05) is 7.11 Å². The average molecular weight is 252 g/mol. The molecule has 0 aliphatic carbocycles. The molecule has 0 saturated heterocycles. The number of aromatic nitrogens is 2. The molecule has 0 atom stereocenters. The molecule has 0 aliphatic heterocycles. The van der Waals surface area contributed by atoms with E-state index in [1.165, 1.54) is 0 Å². The minimum atomic E-state index is 0.493. The molecule has 0 amide bonds. The number of methoxy groups -OCH3 is 1. The second kappa shape index (κ2) is 5.21. The van der Waals surface area contributed by atoms with E-state index < -0.39 is 0 Å². The first-order valence-corrected chi connectivity index (χ1v) is 5.64. The predicted octanol–water partition coefficient (Wildman–Crippen LogP) is 2.05. The van der Waals surface area contributed by atoms with E-state index in [2.05, 4.69) is 5.10 Å². The van der Waals surface area contributed by atoms with Crippen LogP contribution in [0.25, 0.3) is 0 Å². The average Bonchev–Trinajstić information content (AvgIpc) is 2.77. The van der Waals surface area contributed by atoms with Crippen molar-refractivity contribution in [1.29, 1.82) is 0 Å². The Balaban J connectivity index is 2.25. The maximum absolute atomic E-state index is 5.97. The van der Waals surface area contributed by atoms with Crippen LogP contribution in [0.4, 0.5) is 0 Å². The maximum atomic E-state index is 5.97. The zero-order valence-electron chi connectivity index (χ0n) is 9.56. The lowest BCUT2D eigenvalue weighted by molar-refractivity contribution is 0.407. The predicted molar refractivity (Wildman–Crippen MR) is 67.2 cm³/mol. The van der Waals surface area contributed by atoms with Gasteiger partial charge in [-0.05, 0) is 18.2 Å². The van der Waals surface area contributed by atoms with Crippen molar-refractivity contribution in [3.8, 4) is 5.75 Å². The van der Waals surface area contributed by atoms with Gasteiger partial charge >= 0.3 is 0 Å². The summed E-state index contributed by atoms with van der Waals surface area (Å²) in [6, 6.07) is 5.54. The summed E-state index contributed by atoms with van der Waals surface area (Å²) >= 11 is 5.97. The summed E-state index contributed by atoms with van der Waals surface area (Å²) in [5.41, 5.74) is 7.54. The highest BCUT2D eigenvalue weighted by atomic mass is 35.5. The largest absolute Gasteiger partial charge is 0.496 e. The summed E-state index contributed by atoms with van der Waals surface area (Å²) < 4.78 is 7.10. The SMILES string of the molecule is COc1ccc(Cl)cc1Cn1cc(CN)cn1. The van der Waals surface area contributed by atoms with Gasteiger partial charge in [-0.15, -0.1) is 0 Å². The topological polar surface area (TPSA) is 53.1 Å². The van der Waals surface area contributed by atoms with Gasteiger partial charge in [-0.3, -0.25) is 4.68 Å². The Labute approximate surface area is 105 Å². The molecule has 0 bridgehead atoms. The molecule has 0 unspecified atom stereocenters. The first-order chi connectivity index (χ1) is 8.22. The highest BCUT2D eigenvalue weighted by Gasteiger charge is 2.05. The molecule has 2 N–H and O–H groups in total. The van der Waals surface area contributed by atoms with Crippen LogP contribution in [0.1, 0.15) is 11.1 Å². The lowest BCUT2D eigenvalue weighted by Crippen LogP contribution is -2.02. The Bertz CT molecular complexity index is 510. The second-order valence-corrected chi connectivity index (χ2v) is 4.14. The Hall–Kier alpha value is -1.52. The zero-order chi connectivity index (χ0) is 12.3. The molecule has 2 aromatic rings. The van der Waals surface area contributed by atoms with E-state index in [-0.39, 0.29) is 0 Å². The highest BCUT2D eigenvalue weighted by Crippen LogP contribution is 2.23. The number of nitrogens with zero attached hydrogens (tertiary/aromatic N) is 2. The summed E-state index contributed by atoms with van der Waals surface area (Å²) in [6.45, 7) is 1.11. The molecule has 1 heterocycles. The fourth-order valence-corrected chi connectivity index (χ4v) is 1.84. The Morgan fingerprint density at radius 1 is 1.47 bits per heavy atom. The number of benzene rings is 1. The minimum Gasteiger partial charge on any atom is -0.496 e. The summed E-state index contributed by atoms with van der Waals surface area (Å²) in [4.78, 5) is 0. The Kier molecular flexibility index (Phi) is 3.66. The molecule has 1 aromatic heterocycles. The van der Waals surface area contributed by atoms with Gasteiger partial charge in [-0.2, -0.15) is 5.10 Å². The number of halogens is 1. The van der Waals surface area contributed by atoms with E-state index in [4.69, 9.17) is 22.1 Å². The van der Waals surface area contributed by atoms with Gasteiger partial charge < -0.3 is 10.5 Å². The van der Waals surface area contributed by atoms with E-state index in [0.29, 0.717) is 18.1 Å². The highest BCUT2D eigenvalue weighted by molar-refractivity contribution is 6.30. The zero-order valence-corrected chi connectivity index (χ0v) is 10.3. The fraction of sp³-hybridized carbons (Fsp3) is 0.250. The molecule has 5 heteroatoms. The smallest absolute Gasteiger partial charge is 0.124 e. The van der Waals surface area contributed by atoms with Gasteiger partial charge in [-0.25, -0.2) is 0 Å². The third kappa shape index (κ3) is 2.78. The lowest BCUT2D eigenvalue weighted by atomic mass is 10.2. The molecule has 0 spiro atoms. The molecule has 4 nitrogen and oxygen atoms in total. The molecule has 0 saturated carbocycles. The van der Waals surface area contributed by atoms with E-state index in [1.807, 2.05) is 23.0 Å². The van der Waals surface area contributed by atoms with Gasteiger partial charge in [0.25, 0.3) is 0 Å². The number of ether oxygens (including phenoxy) is 1. The van der Waals surface area contributed by atoms with Crippen molar-refractivity contribution in [2.45, 2.75) is 13.1 Å². The van der Waals surface area contributed by atoms with Crippen LogP contribution < -0.4 is 10.5 Å². The van der Waals surface area contributed by atoms with Gasteiger partial charge in [0.2, 0.25) is 0 Å². The van der Waals surface area contributed by atoms with E-state index in [1.54, 1.807) is 19.4 Å². The normalized spacial score (nSPS) is 10.5. The molecule has 0 aliphatic rings. The first-order valence-electron chi connectivity index (χ1n) is 5.26. The first kappa shape index (κ1) is 12.0. The van der Waals surface area contributed by atoms with Crippen LogP contribution in [0.5, 0.6) is 5.75 Å². The number of nitrogens with two attached hydrogens (primary N) is 1. The molecular formula is C12H14ClN3O. The van der Waals surface area contributed by atoms with Crippen molar-refractivity contribution in [3.63, 3.8) is 0 Å². The van der Waals surface area contributed by atoms with Crippen LogP contribution in [0.3, 0.4) is 0 Å². The van der Waals surface area contributed by atoms with Crippen molar-refractivity contribution in [3.05, 3.63) is 46.7 Å². The van der Waals surface area contributed by atoms with Gasteiger partial charge in [0.05, 0.1) is 19.9 Å². The van der Waals surface area contributed by atoms with Gasteiger partial charge in [0.1, 0.15) is 5.75 Å². The molecule has 0 fully saturated rings. The van der Waals surface area contributed by atoms with E-state index >= 15 is 0 Å². The Morgan fingerprint density at radius 3 is 2.94 bits per heavy atom. The van der Waals surface area contributed by atoms with Crippen LogP contribution in [0, 0.1) is 0 Å². The summed E-state index contributed by atoms with van der Waals surface area (Å²) in [5, 5.41) is 4.91. The van der Waals surface area contributed by atoms with Gasteiger partial charge in [-0.1, -0.05) is 11.6 Å². The van der Waals surface area contributed by atoms with Crippen LogP contribution in [-0.2, 0) is 13.1 Å². The van der Waals surface area contributed by atoms with E-state index in [0.717, 1.165) is 16.9 Å². The van der Waals surface area contributed by atoms with Crippen molar-refractivity contribution in [2.24, 2.45) is 5.73 Å². The molecule has 1 aromatic carbocycles. The molecule has 2 rings (SSSR count). The fourth-order valence-electron chi connectivity index (χ4n) is 1.64. The number of hydrogen-bond acceptors (Lipinski definition) is 3. The molecule has 17 heavy (non-hydrogen) atoms. The molecule has 0 radical (unpaired) electrons. The monoisotopic (exact) mass is 251 g/mol. The second-order valence-electron chi connectivity index (χ2n) is 3.71. The van der Waals surface area contributed by atoms with Crippen LogP contribution in [0.2, 0.25) is 5.02 Å².